The van der Waals surface area contributed by atoms with E-state index in [-0.39, 0.29) is 0 Å². The summed E-state index contributed by atoms with van der Waals surface area (Å²) in [5, 5.41) is 4.58. The summed E-state index contributed by atoms with van der Waals surface area (Å²) in [5.74, 6) is 0.843. The molecule has 96 valence electrons. The van der Waals surface area contributed by atoms with Crippen LogP contribution in [0, 0.1) is 5.92 Å². The summed E-state index contributed by atoms with van der Waals surface area (Å²) in [7, 11) is 4.22. The molecule has 17 heavy (non-hydrogen) atoms. The Bertz CT molecular complexity index is 342. The van der Waals surface area contributed by atoms with Crippen LogP contribution in [-0.2, 0) is 6.42 Å². The van der Waals surface area contributed by atoms with Crippen molar-refractivity contribution in [2.24, 2.45) is 5.92 Å². The molecule has 1 aromatic rings. The molecule has 0 amide bonds. The molecule has 1 unspecified atom stereocenters. The summed E-state index contributed by atoms with van der Waals surface area (Å²) in [6, 6.07) is 0.429. The monoisotopic (exact) mass is 253 g/mol. The van der Waals surface area contributed by atoms with Gasteiger partial charge in [-0.2, -0.15) is 0 Å². The average Bonchev–Trinajstić information content (AvgIpc) is 2.80. The summed E-state index contributed by atoms with van der Waals surface area (Å²) >= 11 is 1.87. The van der Waals surface area contributed by atoms with Gasteiger partial charge in [0.1, 0.15) is 0 Å². The molecule has 1 aromatic heterocycles. The van der Waals surface area contributed by atoms with Gasteiger partial charge in [0.05, 0.1) is 5.01 Å². The number of rotatable bonds is 4. The highest BCUT2D eigenvalue weighted by molar-refractivity contribution is 7.11. The van der Waals surface area contributed by atoms with Crippen LogP contribution in [0.5, 0.6) is 0 Å². The number of piperidine rings is 1. The van der Waals surface area contributed by atoms with Gasteiger partial charge in [0, 0.05) is 23.5 Å². The van der Waals surface area contributed by atoms with E-state index in [4.69, 9.17) is 0 Å². The summed E-state index contributed by atoms with van der Waals surface area (Å²) in [4.78, 5) is 8.34. The fourth-order valence-electron chi connectivity index (χ4n) is 2.27. The third-order valence-electron chi connectivity index (χ3n) is 3.73. The van der Waals surface area contributed by atoms with Crippen molar-refractivity contribution < 1.29 is 0 Å². The van der Waals surface area contributed by atoms with Gasteiger partial charge in [0.15, 0.2) is 0 Å². The van der Waals surface area contributed by atoms with Crippen molar-refractivity contribution in [3.05, 3.63) is 16.1 Å². The molecule has 4 heteroatoms. The van der Waals surface area contributed by atoms with Gasteiger partial charge in [-0.1, -0.05) is 0 Å². The van der Waals surface area contributed by atoms with Gasteiger partial charge in [-0.15, -0.1) is 11.3 Å². The molecule has 2 rings (SSSR count). The highest BCUT2D eigenvalue weighted by Crippen LogP contribution is 2.26. The minimum absolute atomic E-state index is 0.429. The minimum Gasteiger partial charge on any atom is -0.312 e. The first kappa shape index (κ1) is 13.0. The van der Waals surface area contributed by atoms with Crippen LogP contribution in [0.15, 0.2) is 6.20 Å². The highest BCUT2D eigenvalue weighted by Gasteiger charge is 2.18. The summed E-state index contributed by atoms with van der Waals surface area (Å²) in [5.41, 5.74) is 0. The van der Waals surface area contributed by atoms with Gasteiger partial charge in [0.25, 0.3) is 0 Å². The molecular formula is C13H23N3S. The maximum Gasteiger partial charge on any atom is 0.0931 e. The van der Waals surface area contributed by atoms with E-state index in [1.54, 1.807) is 0 Å². The van der Waals surface area contributed by atoms with Gasteiger partial charge < -0.3 is 10.2 Å². The van der Waals surface area contributed by atoms with E-state index in [1.807, 2.05) is 24.6 Å². The molecule has 0 saturated carbocycles. The first-order valence-electron chi connectivity index (χ1n) is 6.49. The quantitative estimate of drug-likeness (QED) is 0.892. The normalized spacial score (nSPS) is 20.6. The summed E-state index contributed by atoms with van der Waals surface area (Å²) in [6.07, 6.45) is 5.87. The molecule has 0 aliphatic carbocycles. The van der Waals surface area contributed by atoms with Gasteiger partial charge in [0.2, 0.25) is 0 Å². The third kappa shape index (κ3) is 3.50. The second-order valence-electron chi connectivity index (χ2n) is 5.12. The molecule has 1 fully saturated rings. The lowest BCUT2D eigenvalue weighted by Crippen LogP contribution is -2.30. The number of thiazole rings is 1. The van der Waals surface area contributed by atoms with Crippen molar-refractivity contribution in [2.45, 2.75) is 32.2 Å². The fourth-order valence-corrected chi connectivity index (χ4v) is 3.37. The second-order valence-corrected chi connectivity index (χ2v) is 6.26. The molecule has 3 nitrogen and oxygen atoms in total. The Morgan fingerprint density at radius 2 is 2.24 bits per heavy atom. The molecule has 0 spiro atoms. The smallest absolute Gasteiger partial charge is 0.0931 e. The molecule has 0 bridgehead atoms. The standard InChI is InChI=1S/C13H23N3S/c1-10(14-2)12-9-15-13(17-12)8-11-4-6-16(3)7-5-11/h9-11,14H,4-8H2,1-3H3. The van der Waals surface area contributed by atoms with Crippen LogP contribution >= 0.6 is 11.3 Å². The number of nitrogens with zero attached hydrogens (tertiary/aromatic N) is 2. The van der Waals surface area contributed by atoms with Crippen LogP contribution in [0.25, 0.3) is 0 Å². The lowest BCUT2D eigenvalue weighted by Gasteiger charge is -2.28. The predicted molar refractivity (Wildman–Crippen MR) is 73.5 cm³/mol. The van der Waals surface area contributed by atoms with E-state index >= 15 is 0 Å². The van der Waals surface area contributed by atoms with Crippen molar-refractivity contribution >= 4 is 11.3 Å². The summed E-state index contributed by atoms with van der Waals surface area (Å²) in [6.45, 7) is 4.68. The Kier molecular flexibility index (Phi) is 4.54. The fraction of sp³-hybridized carbons (Fsp3) is 0.769. The second kappa shape index (κ2) is 5.94. The Morgan fingerprint density at radius 1 is 1.53 bits per heavy atom. The molecule has 2 heterocycles. The molecule has 1 N–H and O–H groups in total. The lowest BCUT2D eigenvalue weighted by molar-refractivity contribution is 0.219. The maximum absolute atomic E-state index is 4.56. The van der Waals surface area contributed by atoms with Gasteiger partial charge >= 0.3 is 0 Å². The SMILES string of the molecule is CNC(C)c1cnc(CC2CCN(C)CC2)s1. The van der Waals surface area contributed by atoms with Crippen molar-refractivity contribution in [2.75, 3.05) is 27.2 Å². The number of nitrogens with one attached hydrogen (secondary N) is 1. The number of aromatic nitrogens is 1. The molecule has 0 aromatic carbocycles. The average molecular weight is 253 g/mol. The molecule has 1 atom stereocenters. The zero-order valence-electron chi connectivity index (χ0n) is 11.1. The maximum atomic E-state index is 4.56. The first-order valence-corrected chi connectivity index (χ1v) is 7.31. The molecule has 1 aliphatic heterocycles. The van der Waals surface area contributed by atoms with Crippen molar-refractivity contribution in [1.29, 1.82) is 0 Å². The lowest BCUT2D eigenvalue weighted by atomic mass is 9.94. The first-order chi connectivity index (χ1) is 8.19. The van der Waals surface area contributed by atoms with E-state index < -0.39 is 0 Å². The Labute approximate surface area is 108 Å². The van der Waals surface area contributed by atoms with Crippen LogP contribution in [-0.4, -0.2) is 37.1 Å². The summed E-state index contributed by atoms with van der Waals surface area (Å²) < 4.78 is 0. The van der Waals surface area contributed by atoms with E-state index in [9.17, 15) is 0 Å². The third-order valence-corrected chi connectivity index (χ3v) is 4.94. The van der Waals surface area contributed by atoms with Crippen molar-refractivity contribution in [3.63, 3.8) is 0 Å². The van der Waals surface area contributed by atoms with Crippen molar-refractivity contribution in [3.8, 4) is 0 Å². The van der Waals surface area contributed by atoms with Gasteiger partial charge in [-0.25, -0.2) is 4.98 Å². The van der Waals surface area contributed by atoms with E-state index in [0.29, 0.717) is 6.04 Å². The van der Waals surface area contributed by atoms with Gasteiger partial charge in [-0.3, -0.25) is 0 Å². The molecular weight excluding hydrogens is 230 g/mol. The predicted octanol–water partition coefficient (Wildman–Crippen LogP) is 2.31. The largest absolute Gasteiger partial charge is 0.312 e. The Balaban J connectivity index is 1.88. The minimum atomic E-state index is 0.429. The van der Waals surface area contributed by atoms with E-state index in [1.165, 1.54) is 42.2 Å². The highest BCUT2D eigenvalue weighted by atomic mass is 32.1. The number of hydrogen-bond acceptors (Lipinski definition) is 4. The zero-order chi connectivity index (χ0) is 12.3. The van der Waals surface area contributed by atoms with Crippen LogP contribution in [0.2, 0.25) is 0 Å². The number of hydrogen-bond donors (Lipinski definition) is 1. The topological polar surface area (TPSA) is 28.2 Å². The van der Waals surface area contributed by atoms with Crippen LogP contribution in [0.1, 0.15) is 35.7 Å². The van der Waals surface area contributed by atoms with Crippen molar-refractivity contribution in [1.82, 2.24) is 15.2 Å². The Morgan fingerprint density at radius 3 is 2.88 bits per heavy atom. The van der Waals surface area contributed by atoms with E-state index in [2.05, 4.69) is 29.2 Å². The van der Waals surface area contributed by atoms with E-state index in [0.717, 1.165) is 5.92 Å². The molecule has 0 radical (unpaired) electrons. The number of likely N-dealkylation sites (tertiary alicyclic amines) is 1. The van der Waals surface area contributed by atoms with Crippen LogP contribution < -0.4 is 5.32 Å². The van der Waals surface area contributed by atoms with Crippen LogP contribution in [0.3, 0.4) is 0 Å². The molecule has 1 aliphatic rings. The molecule has 1 saturated heterocycles. The van der Waals surface area contributed by atoms with Gasteiger partial charge in [-0.05, 0) is 52.9 Å². The Hall–Kier alpha value is -0.450. The zero-order valence-corrected chi connectivity index (χ0v) is 11.9. The van der Waals surface area contributed by atoms with Crippen LogP contribution in [0.4, 0.5) is 0 Å².